The topological polar surface area (TPSA) is 67.4 Å². The number of carbonyl (C=O) groups is 2. The number of hydrogen-bond donors (Lipinski definition) is 2. The van der Waals surface area contributed by atoms with E-state index in [0.29, 0.717) is 23.5 Å². The Morgan fingerprint density at radius 3 is 2.45 bits per heavy atom. The van der Waals surface area contributed by atoms with E-state index in [0.717, 1.165) is 12.1 Å². The van der Waals surface area contributed by atoms with Crippen molar-refractivity contribution in [2.75, 3.05) is 18.6 Å². The number of nitrogens with one attached hydrogen (secondary N) is 2. The molecule has 0 radical (unpaired) electrons. The minimum absolute atomic E-state index is 0.216. The molecule has 2 rings (SSSR count). The van der Waals surface area contributed by atoms with Crippen LogP contribution in [0.1, 0.15) is 24.9 Å². The summed E-state index contributed by atoms with van der Waals surface area (Å²) in [5.41, 5.74) is 0.430. The van der Waals surface area contributed by atoms with Crippen LogP contribution in [0.15, 0.2) is 48.5 Å². The molecule has 0 aromatic heterocycles. The summed E-state index contributed by atoms with van der Waals surface area (Å²) in [5, 5.41) is 5.41. The molecule has 0 aliphatic carbocycles. The quantitative estimate of drug-likeness (QED) is 0.615. The Morgan fingerprint density at radius 2 is 1.79 bits per heavy atom. The summed E-state index contributed by atoms with van der Waals surface area (Å²) in [7, 11) is 0. The maximum absolute atomic E-state index is 13.4. The molecule has 0 heterocycles. The van der Waals surface area contributed by atoms with Gasteiger partial charge < -0.3 is 15.4 Å². The molecule has 156 valence electrons. The molecule has 29 heavy (non-hydrogen) atoms. The second kappa shape index (κ2) is 11.4. The molecule has 5 nitrogen and oxygen atoms in total. The number of benzene rings is 2. The smallest absolute Gasteiger partial charge is 0.258 e. The minimum Gasteiger partial charge on any atom is -0.484 e. The van der Waals surface area contributed by atoms with Gasteiger partial charge in [0.2, 0.25) is 5.91 Å². The molecule has 0 spiro atoms. The van der Waals surface area contributed by atoms with E-state index in [-0.39, 0.29) is 6.61 Å². The van der Waals surface area contributed by atoms with Gasteiger partial charge in [0.15, 0.2) is 18.2 Å². The van der Waals surface area contributed by atoms with E-state index < -0.39 is 35.5 Å². The van der Waals surface area contributed by atoms with Crippen LogP contribution in [0.5, 0.6) is 5.75 Å². The molecule has 0 bridgehead atoms. The summed E-state index contributed by atoms with van der Waals surface area (Å²) in [5.74, 6) is -1.53. The number of amides is 2. The number of ether oxygens (including phenoxy) is 1. The molecular weight excluding hydrogens is 398 g/mol. The molecule has 0 saturated carbocycles. The Balaban J connectivity index is 1.95. The monoisotopic (exact) mass is 422 g/mol. The Morgan fingerprint density at radius 1 is 1.07 bits per heavy atom. The van der Waals surface area contributed by atoms with Crippen LogP contribution in [0.2, 0.25) is 0 Å². The molecule has 2 aromatic carbocycles. The Hall–Kier alpha value is -2.61. The van der Waals surface area contributed by atoms with Crippen molar-refractivity contribution in [2.24, 2.45) is 0 Å². The molecule has 2 unspecified atom stereocenters. The molecule has 2 aromatic rings. The Labute approximate surface area is 173 Å². The number of halogens is 2. The summed E-state index contributed by atoms with van der Waals surface area (Å²) in [6.45, 7) is 1.45. The van der Waals surface area contributed by atoms with Crippen molar-refractivity contribution in [1.29, 1.82) is 0 Å². The second-order valence-electron chi connectivity index (χ2n) is 6.41. The standard InChI is InChI=1S/C21H24F2N2O3S/c1-14(15-8-9-17(22)18(23)12-15)24-21(27)19(10-11-29-2)25-20(26)13-28-16-6-4-3-5-7-16/h3-9,12,14,19H,10-11,13H2,1-2H3,(H,24,27)(H,25,26). The molecule has 2 atom stereocenters. The minimum atomic E-state index is -0.978. The SMILES string of the molecule is CSCCC(NC(=O)COc1ccccc1)C(=O)NC(C)c1ccc(F)c(F)c1. The van der Waals surface area contributed by atoms with Gasteiger partial charge >= 0.3 is 0 Å². The lowest BCUT2D eigenvalue weighted by molar-refractivity contribution is -0.130. The van der Waals surface area contributed by atoms with Gasteiger partial charge in [-0.25, -0.2) is 8.78 Å². The maximum atomic E-state index is 13.4. The highest BCUT2D eigenvalue weighted by Crippen LogP contribution is 2.16. The van der Waals surface area contributed by atoms with E-state index in [2.05, 4.69) is 10.6 Å². The third-order valence-corrected chi connectivity index (χ3v) is 4.82. The van der Waals surface area contributed by atoms with Gasteiger partial charge in [0.1, 0.15) is 11.8 Å². The van der Waals surface area contributed by atoms with Crippen molar-refractivity contribution in [1.82, 2.24) is 10.6 Å². The molecule has 0 fully saturated rings. The molecule has 0 aliphatic rings. The van der Waals surface area contributed by atoms with Gasteiger partial charge in [0.25, 0.3) is 5.91 Å². The molecule has 2 N–H and O–H groups in total. The van der Waals surface area contributed by atoms with Crippen LogP contribution in [0, 0.1) is 11.6 Å². The van der Waals surface area contributed by atoms with Gasteiger partial charge in [-0.05, 0) is 55.2 Å². The van der Waals surface area contributed by atoms with Gasteiger partial charge in [-0.15, -0.1) is 0 Å². The zero-order chi connectivity index (χ0) is 21.2. The number of rotatable bonds is 10. The number of carbonyl (C=O) groups excluding carboxylic acids is 2. The fourth-order valence-corrected chi connectivity index (χ4v) is 3.06. The first-order valence-corrected chi connectivity index (χ1v) is 10.5. The third kappa shape index (κ3) is 7.38. The predicted octanol–water partition coefficient (Wildman–Crippen LogP) is 3.46. The van der Waals surface area contributed by atoms with E-state index >= 15 is 0 Å². The predicted molar refractivity (Wildman–Crippen MR) is 110 cm³/mol. The Bertz CT molecular complexity index is 821. The van der Waals surface area contributed by atoms with Gasteiger partial charge in [0, 0.05) is 0 Å². The van der Waals surface area contributed by atoms with Gasteiger partial charge in [-0.3, -0.25) is 9.59 Å². The zero-order valence-electron chi connectivity index (χ0n) is 16.3. The van der Waals surface area contributed by atoms with E-state index in [9.17, 15) is 18.4 Å². The summed E-state index contributed by atoms with van der Waals surface area (Å²) >= 11 is 1.55. The maximum Gasteiger partial charge on any atom is 0.258 e. The summed E-state index contributed by atoms with van der Waals surface area (Å²) in [4.78, 5) is 24.9. The van der Waals surface area contributed by atoms with Crippen LogP contribution in [-0.2, 0) is 9.59 Å². The van der Waals surface area contributed by atoms with Crippen LogP contribution in [-0.4, -0.2) is 36.5 Å². The van der Waals surface area contributed by atoms with Crippen molar-refractivity contribution in [3.63, 3.8) is 0 Å². The number of hydrogen-bond acceptors (Lipinski definition) is 4. The highest BCUT2D eigenvalue weighted by Gasteiger charge is 2.23. The van der Waals surface area contributed by atoms with Crippen molar-refractivity contribution >= 4 is 23.6 Å². The van der Waals surface area contributed by atoms with Crippen molar-refractivity contribution < 1.29 is 23.1 Å². The highest BCUT2D eigenvalue weighted by atomic mass is 32.2. The lowest BCUT2D eigenvalue weighted by Crippen LogP contribution is -2.48. The first-order chi connectivity index (χ1) is 13.9. The largest absolute Gasteiger partial charge is 0.484 e. The zero-order valence-corrected chi connectivity index (χ0v) is 17.1. The first-order valence-electron chi connectivity index (χ1n) is 9.12. The van der Waals surface area contributed by atoms with Gasteiger partial charge in [0.05, 0.1) is 6.04 Å². The van der Waals surface area contributed by atoms with Crippen molar-refractivity contribution in [2.45, 2.75) is 25.4 Å². The van der Waals surface area contributed by atoms with Gasteiger partial charge in [-0.1, -0.05) is 24.3 Å². The van der Waals surface area contributed by atoms with Crippen molar-refractivity contribution in [3.8, 4) is 5.75 Å². The lowest BCUT2D eigenvalue weighted by Gasteiger charge is -2.21. The highest BCUT2D eigenvalue weighted by molar-refractivity contribution is 7.98. The van der Waals surface area contributed by atoms with Crippen molar-refractivity contribution in [3.05, 3.63) is 65.7 Å². The first kappa shape index (κ1) is 22.7. The Kier molecular flexibility index (Phi) is 8.92. The molecule has 0 aliphatic heterocycles. The van der Waals surface area contributed by atoms with E-state index in [1.807, 2.05) is 12.3 Å². The van der Waals surface area contributed by atoms with Crippen LogP contribution in [0.3, 0.4) is 0 Å². The van der Waals surface area contributed by atoms with Gasteiger partial charge in [-0.2, -0.15) is 11.8 Å². The average Bonchev–Trinajstić information content (AvgIpc) is 2.72. The van der Waals surface area contributed by atoms with E-state index in [1.165, 1.54) is 6.07 Å². The van der Waals surface area contributed by atoms with Crippen LogP contribution >= 0.6 is 11.8 Å². The van der Waals surface area contributed by atoms with E-state index in [1.54, 1.807) is 43.0 Å². The van der Waals surface area contributed by atoms with Crippen LogP contribution in [0.4, 0.5) is 8.78 Å². The average molecular weight is 422 g/mol. The molecule has 0 saturated heterocycles. The van der Waals surface area contributed by atoms with Crippen LogP contribution in [0.25, 0.3) is 0 Å². The van der Waals surface area contributed by atoms with Crippen LogP contribution < -0.4 is 15.4 Å². The second-order valence-corrected chi connectivity index (χ2v) is 7.39. The molecule has 8 heteroatoms. The summed E-state index contributed by atoms with van der Waals surface area (Å²) < 4.78 is 31.9. The fourth-order valence-electron chi connectivity index (χ4n) is 2.59. The fraction of sp³-hybridized carbons (Fsp3) is 0.333. The molecular formula is C21H24F2N2O3S. The number of thioether (sulfide) groups is 1. The normalized spacial score (nSPS) is 12.7. The lowest BCUT2D eigenvalue weighted by atomic mass is 10.1. The van der Waals surface area contributed by atoms with E-state index in [4.69, 9.17) is 4.74 Å². The third-order valence-electron chi connectivity index (χ3n) is 4.18. The number of para-hydroxylation sites is 1. The summed E-state index contributed by atoms with van der Waals surface area (Å²) in [6, 6.07) is 11.0. The molecule has 2 amide bonds. The summed E-state index contributed by atoms with van der Waals surface area (Å²) in [6.07, 6.45) is 2.33.